The minimum atomic E-state index is -0.707. The van der Waals surface area contributed by atoms with Crippen LogP contribution in [0.4, 0.5) is 11.4 Å². The van der Waals surface area contributed by atoms with Crippen LogP contribution in [-0.2, 0) is 4.79 Å². The second-order valence-electron chi connectivity index (χ2n) is 7.38. The Hall–Kier alpha value is -3.92. The second-order valence-corrected chi connectivity index (χ2v) is 8.63. The van der Waals surface area contributed by atoms with Crippen molar-refractivity contribution >= 4 is 69.9 Å². The van der Waals surface area contributed by atoms with Crippen LogP contribution >= 0.6 is 34.8 Å². The third-order valence-corrected chi connectivity index (χ3v) is 5.84. The second kappa shape index (κ2) is 10.4. The van der Waals surface area contributed by atoms with Gasteiger partial charge in [0.1, 0.15) is 11.4 Å². The van der Waals surface area contributed by atoms with E-state index in [0.717, 1.165) is 11.1 Å². The summed E-state index contributed by atoms with van der Waals surface area (Å²) in [5.74, 6) is -0.814. The van der Waals surface area contributed by atoms with Gasteiger partial charge in [0.15, 0.2) is 5.84 Å². The number of nitro benzene ring substituents is 1. The van der Waals surface area contributed by atoms with Crippen molar-refractivity contribution in [1.82, 2.24) is 5.32 Å². The van der Waals surface area contributed by atoms with Gasteiger partial charge in [0.05, 0.1) is 27.7 Å². The van der Waals surface area contributed by atoms with E-state index in [2.05, 4.69) is 10.4 Å². The van der Waals surface area contributed by atoms with Gasteiger partial charge in [-0.05, 0) is 42.0 Å². The number of rotatable bonds is 5. The lowest BCUT2D eigenvalue weighted by molar-refractivity contribution is -0.384. The molecule has 1 aliphatic heterocycles. The molecule has 0 fully saturated rings. The van der Waals surface area contributed by atoms with Crippen molar-refractivity contribution in [3.8, 4) is 5.75 Å². The molecule has 0 atom stereocenters. The van der Waals surface area contributed by atoms with E-state index in [9.17, 15) is 19.7 Å². The van der Waals surface area contributed by atoms with Gasteiger partial charge in [0.25, 0.3) is 17.5 Å². The smallest absolute Gasteiger partial charge is 0.282 e. The molecule has 0 aromatic heterocycles. The lowest BCUT2D eigenvalue weighted by atomic mass is 10.1. The topological polar surface area (TPSA) is 114 Å². The molecule has 0 bridgehead atoms. The minimum absolute atomic E-state index is 0.00385. The van der Waals surface area contributed by atoms with E-state index >= 15 is 0 Å². The van der Waals surface area contributed by atoms with Gasteiger partial charge in [0.2, 0.25) is 0 Å². The molecule has 3 aromatic carbocycles. The average molecular weight is 546 g/mol. The van der Waals surface area contributed by atoms with Crippen molar-refractivity contribution in [3.63, 3.8) is 0 Å². The van der Waals surface area contributed by atoms with Gasteiger partial charge in [-0.3, -0.25) is 19.7 Å². The number of carbonyl (C=O) groups is 2. The van der Waals surface area contributed by atoms with Crippen LogP contribution in [0.3, 0.4) is 0 Å². The molecule has 0 saturated heterocycles. The maximum Gasteiger partial charge on any atom is 0.282 e. The SMILES string of the molecule is COc1ccc(/C=C2/C(=O)N(c3c(Cl)cc(Cl)cc3Cl)N=C2NC(=O)c2cccc([N+](=O)[O-])c2)cc1. The fourth-order valence-corrected chi connectivity index (χ4v) is 4.31. The fourth-order valence-electron chi connectivity index (χ4n) is 3.33. The Morgan fingerprint density at radius 1 is 1.08 bits per heavy atom. The summed E-state index contributed by atoms with van der Waals surface area (Å²) in [6.07, 6.45) is 1.52. The monoisotopic (exact) mass is 544 g/mol. The van der Waals surface area contributed by atoms with Crippen LogP contribution in [0.5, 0.6) is 5.75 Å². The van der Waals surface area contributed by atoms with Crippen molar-refractivity contribution in [1.29, 1.82) is 0 Å². The third kappa shape index (κ3) is 5.18. The molecule has 1 aliphatic rings. The zero-order valence-electron chi connectivity index (χ0n) is 18.4. The molecule has 182 valence electrons. The van der Waals surface area contributed by atoms with Crippen molar-refractivity contribution in [2.45, 2.75) is 0 Å². The van der Waals surface area contributed by atoms with E-state index in [1.165, 1.54) is 43.5 Å². The fraction of sp³-hybridized carbons (Fsp3) is 0.0417. The summed E-state index contributed by atoms with van der Waals surface area (Å²) in [7, 11) is 1.53. The first-order valence-electron chi connectivity index (χ1n) is 10.2. The van der Waals surface area contributed by atoms with E-state index < -0.39 is 16.7 Å². The van der Waals surface area contributed by atoms with Crippen LogP contribution in [0.15, 0.2) is 71.3 Å². The van der Waals surface area contributed by atoms with Gasteiger partial charge in [-0.2, -0.15) is 5.01 Å². The first-order valence-corrected chi connectivity index (χ1v) is 11.3. The Morgan fingerprint density at radius 3 is 2.36 bits per heavy atom. The Balaban J connectivity index is 1.76. The highest BCUT2D eigenvalue weighted by Crippen LogP contribution is 2.39. The Labute approximate surface area is 219 Å². The highest BCUT2D eigenvalue weighted by atomic mass is 35.5. The number of anilines is 1. The van der Waals surface area contributed by atoms with Gasteiger partial charge in [0, 0.05) is 22.7 Å². The van der Waals surface area contributed by atoms with Crippen molar-refractivity contribution in [3.05, 3.63) is 103 Å². The first-order chi connectivity index (χ1) is 17.2. The molecule has 3 aromatic rings. The molecule has 1 N–H and O–H groups in total. The van der Waals surface area contributed by atoms with E-state index in [1.807, 2.05) is 0 Å². The van der Waals surface area contributed by atoms with E-state index in [0.29, 0.717) is 11.3 Å². The Kier molecular flexibility index (Phi) is 7.25. The van der Waals surface area contributed by atoms with Crippen molar-refractivity contribution < 1.29 is 19.2 Å². The molecule has 0 spiro atoms. The summed E-state index contributed by atoms with van der Waals surface area (Å²) >= 11 is 18.6. The number of nitrogens with zero attached hydrogens (tertiary/aromatic N) is 3. The summed E-state index contributed by atoms with van der Waals surface area (Å²) < 4.78 is 5.16. The van der Waals surface area contributed by atoms with E-state index in [4.69, 9.17) is 39.5 Å². The van der Waals surface area contributed by atoms with Gasteiger partial charge in [-0.25, -0.2) is 0 Å². The number of hydrogen-bond acceptors (Lipinski definition) is 6. The molecular formula is C24H15Cl3N4O5. The molecule has 0 unspecified atom stereocenters. The van der Waals surface area contributed by atoms with Crippen LogP contribution in [0.25, 0.3) is 6.08 Å². The van der Waals surface area contributed by atoms with E-state index in [1.54, 1.807) is 24.3 Å². The van der Waals surface area contributed by atoms with Gasteiger partial charge >= 0.3 is 0 Å². The van der Waals surface area contributed by atoms with Crippen LogP contribution in [-0.4, -0.2) is 29.7 Å². The first kappa shape index (κ1) is 25.2. The zero-order valence-corrected chi connectivity index (χ0v) is 20.6. The molecule has 1 heterocycles. The normalized spacial score (nSPS) is 14.1. The minimum Gasteiger partial charge on any atom is -0.497 e. The lowest BCUT2D eigenvalue weighted by Gasteiger charge is -2.15. The quantitative estimate of drug-likeness (QED) is 0.250. The number of hydrogen-bond donors (Lipinski definition) is 1. The summed E-state index contributed by atoms with van der Waals surface area (Å²) in [6.45, 7) is 0. The molecule has 36 heavy (non-hydrogen) atoms. The number of benzene rings is 3. The molecule has 0 radical (unpaired) electrons. The number of amides is 2. The summed E-state index contributed by atoms with van der Waals surface area (Å²) in [5, 5.41) is 19.3. The van der Waals surface area contributed by atoms with E-state index in [-0.39, 0.29) is 43.4 Å². The number of ether oxygens (including phenoxy) is 1. The molecule has 4 rings (SSSR count). The molecule has 2 amide bonds. The number of non-ortho nitro benzene ring substituents is 1. The molecular weight excluding hydrogens is 531 g/mol. The Morgan fingerprint density at radius 2 is 1.75 bits per heavy atom. The van der Waals surface area contributed by atoms with Crippen LogP contribution in [0.2, 0.25) is 15.1 Å². The summed E-state index contributed by atoms with van der Waals surface area (Å²) in [6, 6.07) is 14.8. The Bertz CT molecular complexity index is 1430. The van der Waals surface area contributed by atoms with Gasteiger partial charge < -0.3 is 10.1 Å². The predicted molar refractivity (Wildman–Crippen MR) is 138 cm³/mol. The summed E-state index contributed by atoms with van der Waals surface area (Å²) in [4.78, 5) is 36.8. The lowest BCUT2D eigenvalue weighted by Crippen LogP contribution is -2.31. The predicted octanol–water partition coefficient (Wildman–Crippen LogP) is 5.74. The largest absolute Gasteiger partial charge is 0.497 e. The number of hydrazone groups is 1. The van der Waals surface area contributed by atoms with Crippen LogP contribution in [0, 0.1) is 10.1 Å². The number of amidine groups is 1. The standard InChI is InChI=1S/C24H15Cl3N4O5/c1-36-17-7-5-13(6-8-17)9-18-22(28-23(32)14-3-2-4-16(10-14)31(34)35)29-30(24(18)33)21-19(26)11-15(25)12-20(21)27/h2-12H,1H3,(H,28,29,32)/b18-9+. The molecule has 0 saturated carbocycles. The zero-order chi connectivity index (χ0) is 26.0. The van der Waals surface area contributed by atoms with Gasteiger partial charge in [-0.15, -0.1) is 5.10 Å². The number of nitrogens with one attached hydrogen (secondary N) is 1. The maximum atomic E-state index is 13.4. The van der Waals surface area contributed by atoms with Crippen molar-refractivity contribution in [2.75, 3.05) is 12.1 Å². The van der Waals surface area contributed by atoms with Crippen LogP contribution < -0.4 is 15.1 Å². The maximum absolute atomic E-state index is 13.4. The number of carbonyl (C=O) groups excluding carboxylic acids is 2. The molecule has 9 nitrogen and oxygen atoms in total. The summed E-state index contributed by atoms with van der Waals surface area (Å²) in [5.41, 5.74) is 0.465. The van der Waals surface area contributed by atoms with Crippen LogP contribution in [0.1, 0.15) is 15.9 Å². The highest BCUT2D eigenvalue weighted by Gasteiger charge is 2.35. The average Bonchev–Trinajstić information content (AvgIpc) is 3.13. The number of nitro groups is 1. The van der Waals surface area contributed by atoms with Gasteiger partial charge in [-0.1, -0.05) is 53.0 Å². The highest BCUT2D eigenvalue weighted by molar-refractivity contribution is 6.44. The number of methoxy groups -OCH3 is 1. The third-order valence-electron chi connectivity index (χ3n) is 5.05. The number of halogens is 3. The van der Waals surface area contributed by atoms with Crippen molar-refractivity contribution in [2.24, 2.45) is 5.10 Å². The molecule has 0 aliphatic carbocycles. The molecule has 12 heteroatoms.